The zero-order valence-electron chi connectivity index (χ0n) is 14.1. The second-order valence-electron chi connectivity index (χ2n) is 2.37. The van der Waals surface area contributed by atoms with E-state index in [0.29, 0.717) is 0 Å². The van der Waals surface area contributed by atoms with Crippen LogP contribution < -0.4 is 372 Å². The fraction of sp³-hybridized carbons (Fsp3) is 0. The van der Waals surface area contributed by atoms with Crippen LogP contribution in [0.4, 0.5) is 0 Å². The summed E-state index contributed by atoms with van der Waals surface area (Å²) in [6, 6.07) is 0. The van der Waals surface area contributed by atoms with Gasteiger partial charge in [0.1, 0.15) is 0 Å². The fourth-order valence-corrected chi connectivity index (χ4v) is 0.641. The van der Waals surface area contributed by atoms with E-state index in [9.17, 15) is 28.8 Å². The summed E-state index contributed by atoms with van der Waals surface area (Å²) in [6.45, 7) is 0. The molecule has 0 unspecified atom stereocenters. The number of aromatic nitrogens is 6. The van der Waals surface area contributed by atoms with Gasteiger partial charge in [0.15, 0.2) is 0 Å². The number of rotatable bonds is 0. The van der Waals surface area contributed by atoms with Crippen molar-refractivity contribution in [3.8, 4) is 0 Å². The summed E-state index contributed by atoms with van der Waals surface area (Å²) in [4.78, 5) is 76.5. The molecule has 0 aromatic carbocycles. The quantitative estimate of drug-likeness (QED) is 0.320. The van der Waals surface area contributed by atoms with Crippen LogP contribution >= 0.6 is 0 Å². The zero-order valence-corrected chi connectivity index (χ0v) is 32.9. The summed E-state index contributed by atoms with van der Waals surface area (Å²) in [5.41, 5.74) is -6.50. The average Bonchev–Trinajstić information content (AvgIpc) is 2.12. The van der Waals surface area contributed by atoms with Crippen molar-refractivity contribution in [1.29, 1.82) is 0 Å². The number of hydrogen-bond donors (Lipinski definition) is 0. The van der Waals surface area contributed by atoms with Crippen LogP contribution in [0.25, 0.3) is 0 Å². The molecule has 2 rings (SSSR count). The molecule has 0 fully saturated rings. The van der Waals surface area contributed by atoms with Crippen LogP contribution in [-0.4, -0.2) is 0 Å². The van der Waals surface area contributed by atoms with Gasteiger partial charge in [0, 0.05) is 0 Å². The Morgan fingerprint density at radius 3 is 0.458 bits per heavy atom. The van der Waals surface area contributed by atoms with E-state index in [1.807, 2.05) is 0 Å². The third kappa shape index (κ3) is 23.3. The summed E-state index contributed by atoms with van der Waals surface area (Å²) >= 11 is 0. The van der Waals surface area contributed by atoms with Gasteiger partial charge in [-0.15, -0.1) is 0 Å². The molecule has 12 nitrogen and oxygen atoms in total. The Balaban J connectivity index is -0.0000000540. The first-order valence-electron chi connectivity index (χ1n) is 3.91. The van der Waals surface area contributed by atoms with Crippen LogP contribution in [0.3, 0.4) is 0 Å². The molecule has 0 atom stereocenters. The van der Waals surface area contributed by atoms with Gasteiger partial charge < -0.3 is 58.7 Å². The largest absolute Gasteiger partial charge is 1.00 e. The van der Waals surface area contributed by atoms with E-state index in [-0.39, 0.29) is 308 Å². The van der Waals surface area contributed by atoms with Crippen LogP contribution in [0.2, 0.25) is 0 Å². The van der Waals surface area contributed by atoms with Crippen molar-refractivity contribution >= 4 is 0 Å². The molecule has 0 aliphatic heterocycles. The first-order valence-corrected chi connectivity index (χ1v) is 3.91. The van der Waals surface area contributed by atoms with Crippen molar-refractivity contribution in [2.75, 3.05) is 0 Å². The van der Waals surface area contributed by atoms with Gasteiger partial charge in [0.05, 0.1) is 0 Å². The van der Waals surface area contributed by atoms with Crippen LogP contribution in [0.5, 0.6) is 0 Å². The Morgan fingerprint density at radius 1 is 0.292 bits per heavy atom. The Bertz CT molecular complexity index is 647. The van der Waals surface area contributed by atoms with Crippen molar-refractivity contribution in [2.24, 2.45) is 0 Å². The predicted molar refractivity (Wildman–Crippen MR) is 50.4 cm³/mol. The zero-order chi connectivity index (χ0) is 13.7. The third-order valence-corrected chi connectivity index (χ3v) is 1.15. The van der Waals surface area contributed by atoms with E-state index in [2.05, 4.69) is 29.9 Å². The van der Waals surface area contributed by atoms with Gasteiger partial charge in [-0.3, -0.25) is 0 Å². The van der Waals surface area contributed by atoms with Gasteiger partial charge in [0.25, 0.3) is 0 Å². The van der Waals surface area contributed by atoms with Crippen molar-refractivity contribution in [2.45, 2.75) is 0 Å². The molecule has 0 N–H and O–H groups in total. The summed E-state index contributed by atoms with van der Waals surface area (Å²) in [5.74, 6) is 0. The molecule has 0 amide bonds. The predicted octanol–water partition coefficient (Wildman–Crippen LogP) is -24.7. The molecule has 18 heteroatoms. The molecule has 96 valence electrons. The number of nitrogens with zero attached hydrogens (tertiary/aromatic N) is 6. The minimum Gasteiger partial charge on any atom is -0.628 e. The van der Waals surface area contributed by atoms with Crippen LogP contribution in [-0.2, 0) is 0 Å². The minimum atomic E-state index is -1.08. The van der Waals surface area contributed by atoms with Gasteiger partial charge in [-0.1, -0.05) is 0 Å². The van der Waals surface area contributed by atoms with Gasteiger partial charge >= 0.3 is 308 Å². The molecule has 2 heterocycles. The van der Waals surface area contributed by atoms with E-state index in [1.165, 1.54) is 0 Å². The summed E-state index contributed by atoms with van der Waals surface area (Å²) in [6.07, 6.45) is 0. The first-order chi connectivity index (χ1) is 8.36. The molecule has 2 aromatic rings. The summed E-state index contributed by atoms with van der Waals surface area (Å²) in [5, 5.41) is 0. The van der Waals surface area contributed by atoms with E-state index in [0.717, 1.165) is 0 Å². The molecular formula is C6K6N6O6. The Labute approximate surface area is 387 Å². The maximum absolute atomic E-state index is 10.0. The van der Waals surface area contributed by atoms with Crippen LogP contribution in [0.15, 0.2) is 28.8 Å². The fourth-order valence-electron chi connectivity index (χ4n) is 0.641. The second kappa shape index (κ2) is 25.9. The molecule has 0 saturated carbocycles. The van der Waals surface area contributed by atoms with Gasteiger partial charge in [-0.2, -0.15) is 0 Å². The molecule has 0 radical (unpaired) electrons. The molecule has 0 bridgehead atoms. The van der Waals surface area contributed by atoms with E-state index >= 15 is 0 Å². The third-order valence-electron chi connectivity index (χ3n) is 1.15. The normalized spacial score (nSPS) is 7.00. The summed E-state index contributed by atoms with van der Waals surface area (Å²) < 4.78 is 0. The topological polar surface area (TPSA) is 187 Å². The molecule has 0 spiro atoms. The van der Waals surface area contributed by atoms with E-state index in [1.54, 1.807) is 0 Å². The van der Waals surface area contributed by atoms with Crippen molar-refractivity contribution < 1.29 is 308 Å². The summed E-state index contributed by atoms with van der Waals surface area (Å²) in [7, 11) is 0. The molecule has 0 saturated heterocycles. The van der Waals surface area contributed by atoms with Crippen LogP contribution in [0, 0.1) is 0 Å². The van der Waals surface area contributed by atoms with Gasteiger partial charge in [0.2, 0.25) is 0 Å². The van der Waals surface area contributed by atoms with Gasteiger partial charge in [-0.25, -0.2) is 0 Å². The molecule has 0 aliphatic rings. The Kier molecular flexibility index (Phi) is 47.8. The maximum atomic E-state index is 10.0. The molecular weight excluding hydrogens is 487 g/mol. The maximum Gasteiger partial charge on any atom is 1.00 e. The van der Waals surface area contributed by atoms with Gasteiger partial charge in [-0.05, 0) is 34.1 Å². The Hall–Kier alpha value is 6.64. The average molecular weight is 487 g/mol. The van der Waals surface area contributed by atoms with E-state index in [4.69, 9.17) is 0 Å². The minimum absolute atomic E-state index is 0. The van der Waals surface area contributed by atoms with Crippen molar-refractivity contribution in [3.63, 3.8) is 0 Å². The van der Waals surface area contributed by atoms with Crippen molar-refractivity contribution in [1.82, 2.24) is 29.9 Å². The first kappa shape index (κ1) is 44.3. The molecule has 0 aliphatic carbocycles. The van der Waals surface area contributed by atoms with E-state index < -0.39 is 34.1 Å². The van der Waals surface area contributed by atoms with Crippen LogP contribution in [0.1, 0.15) is 0 Å². The molecule has 2 aromatic heterocycles. The molecule has 24 heavy (non-hydrogen) atoms. The van der Waals surface area contributed by atoms with Crippen molar-refractivity contribution in [3.05, 3.63) is 62.9 Å². The standard InChI is InChI=1S/2C3H3N3O3.6K/c2*7-1-4-2(8)6-3(9)5-1;;;;;;/h2*(H3,4,5,6,7,8,9);;;;;;/q;;6*+1/p-6. The second-order valence-corrected chi connectivity index (χ2v) is 2.37. The number of hydrogen-bond acceptors (Lipinski definition) is 6. The monoisotopic (exact) mass is 486 g/mol. The Morgan fingerprint density at radius 2 is 0.375 bits per heavy atom. The smallest absolute Gasteiger partial charge is 0.628 e. The SMILES string of the molecule is O=c1[n-]c(=O)[n-]c(=O)[n-]1.O=c1[n-]c(=O)[n-]c(=O)[n-]1.[K+].[K+].[K+].[K+].[K+].[K+].